The summed E-state index contributed by atoms with van der Waals surface area (Å²) in [4.78, 5) is 3.93. The van der Waals surface area contributed by atoms with Crippen LogP contribution in [0.3, 0.4) is 0 Å². The minimum Gasteiger partial charge on any atom is -0.507 e. The number of rotatable bonds is 2. The molecule has 0 radical (unpaired) electrons. The summed E-state index contributed by atoms with van der Waals surface area (Å²) in [7, 11) is 1.70. The smallest absolute Gasteiger partial charge is 0.123 e. The molecule has 0 fully saturated rings. The van der Waals surface area contributed by atoms with Crippen molar-refractivity contribution in [3.05, 3.63) is 22.8 Å². The SMILES string of the molecule is CCc1cc(C=NC)c(N)c(C)c1O. The number of nitrogen functional groups attached to an aromatic ring is 1. The molecule has 1 aromatic carbocycles. The molecule has 0 aliphatic heterocycles. The Balaban J connectivity index is 3.40. The highest BCUT2D eigenvalue weighted by atomic mass is 16.3. The van der Waals surface area contributed by atoms with Crippen molar-refractivity contribution in [1.29, 1.82) is 0 Å². The summed E-state index contributed by atoms with van der Waals surface area (Å²) in [5.74, 6) is 0.304. The van der Waals surface area contributed by atoms with Gasteiger partial charge in [0.1, 0.15) is 5.75 Å². The Labute approximate surface area is 84.3 Å². The van der Waals surface area contributed by atoms with Gasteiger partial charge in [0.2, 0.25) is 0 Å². The van der Waals surface area contributed by atoms with Crippen LogP contribution in [0, 0.1) is 6.92 Å². The Morgan fingerprint density at radius 1 is 1.57 bits per heavy atom. The van der Waals surface area contributed by atoms with E-state index in [4.69, 9.17) is 5.73 Å². The molecule has 0 atom stereocenters. The highest BCUT2D eigenvalue weighted by Gasteiger charge is 2.09. The number of anilines is 1. The third kappa shape index (κ3) is 1.71. The van der Waals surface area contributed by atoms with E-state index in [9.17, 15) is 5.11 Å². The second kappa shape index (κ2) is 4.13. The van der Waals surface area contributed by atoms with Gasteiger partial charge in [-0.15, -0.1) is 0 Å². The van der Waals surface area contributed by atoms with Crippen molar-refractivity contribution >= 4 is 11.9 Å². The molecule has 76 valence electrons. The predicted octanol–water partition coefficient (Wildman–Crippen LogP) is 1.89. The van der Waals surface area contributed by atoms with E-state index in [2.05, 4.69) is 4.99 Å². The van der Waals surface area contributed by atoms with Crippen LogP contribution in [0.5, 0.6) is 5.75 Å². The van der Waals surface area contributed by atoms with Gasteiger partial charge < -0.3 is 10.8 Å². The summed E-state index contributed by atoms with van der Waals surface area (Å²) in [5.41, 5.74) is 8.96. The summed E-state index contributed by atoms with van der Waals surface area (Å²) in [6.07, 6.45) is 2.50. The van der Waals surface area contributed by atoms with Crippen molar-refractivity contribution in [3.63, 3.8) is 0 Å². The first-order chi connectivity index (χ1) is 6.61. The normalized spacial score (nSPS) is 11.1. The predicted molar refractivity (Wildman–Crippen MR) is 60.2 cm³/mol. The van der Waals surface area contributed by atoms with E-state index in [1.807, 2.05) is 19.9 Å². The molecule has 1 rings (SSSR count). The van der Waals surface area contributed by atoms with Gasteiger partial charge in [-0.25, -0.2) is 0 Å². The second-order valence-electron chi connectivity index (χ2n) is 3.25. The van der Waals surface area contributed by atoms with E-state index < -0.39 is 0 Å². The molecule has 0 saturated carbocycles. The lowest BCUT2D eigenvalue weighted by Gasteiger charge is -2.10. The van der Waals surface area contributed by atoms with Gasteiger partial charge in [-0.2, -0.15) is 0 Å². The molecule has 0 bridgehead atoms. The van der Waals surface area contributed by atoms with Crippen LogP contribution in [0.25, 0.3) is 0 Å². The van der Waals surface area contributed by atoms with Crippen molar-refractivity contribution < 1.29 is 5.11 Å². The largest absolute Gasteiger partial charge is 0.507 e. The van der Waals surface area contributed by atoms with Crippen LogP contribution < -0.4 is 5.73 Å². The number of hydrogen-bond donors (Lipinski definition) is 2. The van der Waals surface area contributed by atoms with Crippen molar-refractivity contribution in [2.24, 2.45) is 4.99 Å². The lowest BCUT2D eigenvalue weighted by molar-refractivity contribution is 0.465. The Hall–Kier alpha value is -1.51. The maximum atomic E-state index is 9.75. The fraction of sp³-hybridized carbons (Fsp3) is 0.364. The van der Waals surface area contributed by atoms with Crippen LogP contribution in [0.15, 0.2) is 11.1 Å². The zero-order valence-electron chi connectivity index (χ0n) is 8.83. The summed E-state index contributed by atoms with van der Waals surface area (Å²) < 4.78 is 0. The van der Waals surface area contributed by atoms with Crippen LogP contribution in [-0.2, 0) is 6.42 Å². The lowest BCUT2D eigenvalue weighted by Crippen LogP contribution is -1.99. The average molecular weight is 192 g/mol. The Morgan fingerprint density at radius 2 is 2.21 bits per heavy atom. The first-order valence-electron chi connectivity index (χ1n) is 4.64. The van der Waals surface area contributed by atoms with E-state index in [1.165, 1.54) is 0 Å². The van der Waals surface area contributed by atoms with Crippen molar-refractivity contribution in [2.75, 3.05) is 12.8 Å². The van der Waals surface area contributed by atoms with Crippen LogP contribution in [-0.4, -0.2) is 18.4 Å². The highest BCUT2D eigenvalue weighted by molar-refractivity contribution is 5.89. The first-order valence-corrected chi connectivity index (χ1v) is 4.64. The summed E-state index contributed by atoms with van der Waals surface area (Å²) in [5, 5.41) is 9.75. The third-order valence-corrected chi connectivity index (χ3v) is 2.35. The molecular weight excluding hydrogens is 176 g/mol. The topological polar surface area (TPSA) is 58.6 Å². The Bertz CT molecular complexity index is 370. The monoisotopic (exact) mass is 192 g/mol. The van der Waals surface area contributed by atoms with E-state index >= 15 is 0 Å². The molecule has 3 N–H and O–H groups in total. The number of nitrogens with zero attached hydrogens (tertiary/aromatic N) is 1. The van der Waals surface area contributed by atoms with Gasteiger partial charge in [-0.05, 0) is 25.0 Å². The zero-order chi connectivity index (χ0) is 10.7. The number of aliphatic imine (C=N–C) groups is 1. The number of aromatic hydroxyl groups is 1. The number of phenolic OH excluding ortho intramolecular Hbond substituents is 1. The summed E-state index contributed by atoms with van der Waals surface area (Å²) in [6.45, 7) is 3.81. The molecule has 0 aliphatic carbocycles. The van der Waals surface area contributed by atoms with E-state index in [0.717, 1.165) is 23.1 Å². The van der Waals surface area contributed by atoms with E-state index in [0.29, 0.717) is 11.4 Å². The highest BCUT2D eigenvalue weighted by Crippen LogP contribution is 2.29. The molecule has 1 aromatic rings. The number of benzene rings is 1. The first kappa shape index (κ1) is 10.6. The number of hydrogen-bond acceptors (Lipinski definition) is 3. The van der Waals surface area contributed by atoms with Crippen LogP contribution in [0.1, 0.15) is 23.6 Å². The third-order valence-electron chi connectivity index (χ3n) is 2.35. The fourth-order valence-electron chi connectivity index (χ4n) is 1.43. The molecule has 3 heteroatoms. The average Bonchev–Trinajstić information content (AvgIpc) is 2.19. The molecule has 0 saturated heterocycles. The number of nitrogens with two attached hydrogens (primary N) is 1. The van der Waals surface area contributed by atoms with Gasteiger partial charge >= 0.3 is 0 Å². The molecule has 3 nitrogen and oxygen atoms in total. The number of phenols is 1. The van der Waals surface area contributed by atoms with Crippen LogP contribution in [0.2, 0.25) is 0 Å². The van der Waals surface area contributed by atoms with E-state index in [1.54, 1.807) is 13.3 Å². The van der Waals surface area contributed by atoms with Crippen LogP contribution >= 0.6 is 0 Å². The Morgan fingerprint density at radius 3 is 2.71 bits per heavy atom. The molecule has 0 spiro atoms. The van der Waals surface area contributed by atoms with Gasteiger partial charge in [0.25, 0.3) is 0 Å². The molecule has 0 heterocycles. The van der Waals surface area contributed by atoms with Crippen molar-refractivity contribution in [2.45, 2.75) is 20.3 Å². The number of aryl methyl sites for hydroxylation is 1. The van der Waals surface area contributed by atoms with Gasteiger partial charge in [-0.1, -0.05) is 6.92 Å². The van der Waals surface area contributed by atoms with Crippen LogP contribution in [0.4, 0.5) is 5.69 Å². The minimum atomic E-state index is 0.304. The van der Waals surface area contributed by atoms with E-state index in [-0.39, 0.29) is 0 Å². The maximum Gasteiger partial charge on any atom is 0.123 e. The fourth-order valence-corrected chi connectivity index (χ4v) is 1.43. The van der Waals surface area contributed by atoms with Crippen molar-refractivity contribution in [3.8, 4) is 5.75 Å². The molecule has 14 heavy (non-hydrogen) atoms. The van der Waals surface area contributed by atoms with Gasteiger partial charge in [0, 0.05) is 30.1 Å². The second-order valence-corrected chi connectivity index (χ2v) is 3.25. The molecule has 0 unspecified atom stereocenters. The zero-order valence-corrected chi connectivity index (χ0v) is 8.83. The standard InChI is InChI=1S/C11H16N2O/c1-4-8-5-9(6-13-3)10(12)7(2)11(8)14/h5-6,14H,4,12H2,1-3H3. The van der Waals surface area contributed by atoms with Gasteiger partial charge in [-0.3, -0.25) is 4.99 Å². The molecule has 0 aromatic heterocycles. The molecule has 0 amide bonds. The lowest BCUT2D eigenvalue weighted by atomic mass is 10.0. The van der Waals surface area contributed by atoms with Gasteiger partial charge in [0.15, 0.2) is 0 Å². The summed E-state index contributed by atoms with van der Waals surface area (Å²) in [6, 6.07) is 1.88. The Kier molecular flexibility index (Phi) is 3.12. The van der Waals surface area contributed by atoms with Gasteiger partial charge in [0.05, 0.1) is 0 Å². The minimum absolute atomic E-state index is 0.304. The summed E-state index contributed by atoms with van der Waals surface area (Å²) >= 11 is 0. The molecular formula is C11H16N2O. The quantitative estimate of drug-likeness (QED) is 0.555. The maximum absolute atomic E-state index is 9.75. The molecule has 0 aliphatic rings. The van der Waals surface area contributed by atoms with Crippen molar-refractivity contribution in [1.82, 2.24) is 0 Å².